The summed E-state index contributed by atoms with van der Waals surface area (Å²) in [4.78, 5) is 15.9. The van der Waals surface area contributed by atoms with Crippen LogP contribution in [0.3, 0.4) is 0 Å². The second-order valence-corrected chi connectivity index (χ2v) is 7.78. The van der Waals surface area contributed by atoms with E-state index in [9.17, 15) is 4.79 Å². The number of aromatic amines is 1. The fourth-order valence-corrected chi connectivity index (χ4v) is 4.04. The second kappa shape index (κ2) is 8.45. The molecular weight excluding hydrogens is 342 g/mol. The van der Waals surface area contributed by atoms with Crippen molar-refractivity contribution in [1.82, 2.24) is 4.98 Å². The molecule has 0 aliphatic heterocycles. The Balaban J connectivity index is 1.45. The molecule has 1 N–H and O–H groups in total. The van der Waals surface area contributed by atoms with Gasteiger partial charge >= 0.3 is 0 Å². The van der Waals surface area contributed by atoms with Crippen LogP contribution in [0.2, 0.25) is 0 Å². The molecule has 0 aliphatic carbocycles. The summed E-state index contributed by atoms with van der Waals surface area (Å²) in [5, 5.41) is 1.02. The van der Waals surface area contributed by atoms with Gasteiger partial charge in [0, 0.05) is 22.2 Å². The number of fused-ring (bicyclic) bond motifs is 1. The van der Waals surface area contributed by atoms with Crippen LogP contribution in [-0.2, 0) is 0 Å². The van der Waals surface area contributed by atoms with Gasteiger partial charge in [-0.1, -0.05) is 24.3 Å². The fourth-order valence-electron chi connectivity index (χ4n) is 3.24. The first-order valence-corrected chi connectivity index (χ1v) is 10.1. The Morgan fingerprint density at radius 1 is 1.08 bits per heavy atom. The third-order valence-corrected chi connectivity index (χ3v) is 5.35. The van der Waals surface area contributed by atoms with Crippen molar-refractivity contribution in [1.29, 1.82) is 0 Å². The zero-order chi connectivity index (χ0) is 18.5. The van der Waals surface area contributed by atoms with Gasteiger partial charge in [0.1, 0.15) is 5.75 Å². The molecule has 3 rings (SSSR count). The Labute approximate surface area is 159 Å². The molecular formula is C22H25NO2S. The lowest BCUT2D eigenvalue weighted by atomic mass is 10.1. The summed E-state index contributed by atoms with van der Waals surface area (Å²) in [6.07, 6.45) is 0.928. The number of ketones is 1. The molecule has 2 aromatic carbocycles. The lowest BCUT2D eigenvalue weighted by Crippen LogP contribution is -2.05. The molecule has 0 radical (unpaired) electrons. The van der Waals surface area contributed by atoms with Crippen LogP contribution in [0.1, 0.15) is 33.6 Å². The van der Waals surface area contributed by atoms with Crippen molar-refractivity contribution >= 4 is 28.4 Å². The predicted molar refractivity (Wildman–Crippen MR) is 111 cm³/mol. The molecule has 0 spiro atoms. The number of carbonyl (C=O) groups excluding carboxylic acids is 1. The molecule has 4 heteroatoms. The van der Waals surface area contributed by atoms with Gasteiger partial charge in [0.2, 0.25) is 0 Å². The number of Topliss-reactive ketones (excluding diaryl/α,β-unsaturated/α-hetero) is 1. The minimum absolute atomic E-state index is 0.195. The van der Waals surface area contributed by atoms with Crippen molar-refractivity contribution in [3.63, 3.8) is 0 Å². The summed E-state index contributed by atoms with van der Waals surface area (Å²) >= 11 is 1.67. The van der Waals surface area contributed by atoms with E-state index in [1.54, 1.807) is 11.8 Å². The molecule has 0 amide bonds. The standard InChI is InChI=1S/C22H25NO2S/c1-15-11-16(2)13-18(12-15)25-9-6-10-26-14-21(24)22-17(3)23-20-8-5-4-7-19(20)22/h4-5,7-8,11-13,23H,6,9-10,14H2,1-3H3. The van der Waals surface area contributed by atoms with E-state index in [0.29, 0.717) is 12.4 Å². The average Bonchev–Trinajstić information content (AvgIpc) is 2.92. The molecule has 1 heterocycles. The number of rotatable bonds is 8. The largest absolute Gasteiger partial charge is 0.494 e. The number of H-pyrrole nitrogens is 1. The van der Waals surface area contributed by atoms with Gasteiger partial charge < -0.3 is 9.72 Å². The number of para-hydroxylation sites is 1. The highest BCUT2D eigenvalue weighted by atomic mass is 32.2. The van der Waals surface area contributed by atoms with E-state index in [2.05, 4.69) is 37.0 Å². The SMILES string of the molecule is Cc1cc(C)cc(OCCCSCC(=O)c2c(C)[nH]c3ccccc23)c1. The zero-order valence-corrected chi connectivity index (χ0v) is 16.4. The summed E-state index contributed by atoms with van der Waals surface area (Å²) in [6.45, 7) is 6.80. The van der Waals surface area contributed by atoms with Crippen molar-refractivity contribution < 1.29 is 9.53 Å². The van der Waals surface area contributed by atoms with Crippen molar-refractivity contribution in [2.45, 2.75) is 27.2 Å². The first kappa shape index (κ1) is 18.6. The highest BCUT2D eigenvalue weighted by molar-refractivity contribution is 7.99. The van der Waals surface area contributed by atoms with E-state index >= 15 is 0 Å². The highest BCUT2D eigenvalue weighted by Crippen LogP contribution is 2.23. The fraction of sp³-hybridized carbons (Fsp3) is 0.318. The Bertz CT molecular complexity index is 893. The van der Waals surface area contributed by atoms with E-state index < -0.39 is 0 Å². The first-order valence-electron chi connectivity index (χ1n) is 8.94. The number of hydrogen-bond donors (Lipinski definition) is 1. The number of thioether (sulfide) groups is 1. The molecule has 3 aromatic rings. The maximum Gasteiger partial charge on any atom is 0.175 e. The van der Waals surface area contributed by atoms with E-state index in [4.69, 9.17) is 4.74 Å². The van der Waals surface area contributed by atoms with Gasteiger partial charge in [-0.2, -0.15) is 11.8 Å². The van der Waals surface area contributed by atoms with E-state index in [0.717, 1.165) is 40.1 Å². The van der Waals surface area contributed by atoms with Crippen LogP contribution in [0.15, 0.2) is 42.5 Å². The molecule has 1 aromatic heterocycles. The summed E-state index contributed by atoms with van der Waals surface area (Å²) in [5.41, 5.74) is 5.25. The van der Waals surface area contributed by atoms with Crippen LogP contribution in [0.5, 0.6) is 5.75 Å². The minimum atomic E-state index is 0.195. The van der Waals surface area contributed by atoms with Crippen molar-refractivity contribution in [2.24, 2.45) is 0 Å². The molecule has 0 fully saturated rings. The maximum atomic E-state index is 12.6. The topological polar surface area (TPSA) is 42.1 Å². The van der Waals surface area contributed by atoms with Crippen LogP contribution in [0, 0.1) is 20.8 Å². The van der Waals surface area contributed by atoms with Gasteiger partial charge in [-0.3, -0.25) is 4.79 Å². The number of benzene rings is 2. The molecule has 0 unspecified atom stereocenters. The van der Waals surface area contributed by atoms with Gasteiger partial charge in [-0.05, 0) is 62.3 Å². The van der Waals surface area contributed by atoms with E-state index in [-0.39, 0.29) is 5.78 Å². The van der Waals surface area contributed by atoms with Gasteiger partial charge in [0.15, 0.2) is 5.78 Å². The minimum Gasteiger partial charge on any atom is -0.494 e. The van der Waals surface area contributed by atoms with Crippen LogP contribution < -0.4 is 4.74 Å². The molecule has 3 nitrogen and oxygen atoms in total. The summed E-state index contributed by atoms with van der Waals surface area (Å²) < 4.78 is 5.82. The van der Waals surface area contributed by atoms with Crippen LogP contribution in [0.4, 0.5) is 0 Å². The maximum absolute atomic E-state index is 12.6. The molecule has 0 saturated carbocycles. The van der Waals surface area contributed by atoms with Gasteiger partial charge in [-0.25, -0.2) is 0 Å². The number of hydrogen-bond acceptors (Lipinski definition) is 3. The van der Waals surface area contributed by atoms with Crippen molar-refractivity contribution in [3.8, 4) is 5.75 Å². The summed E-state index contributed by atoms with van der Waals surface area (Å²) in [5.74, 6) is 2.54. The third-order valence-electron chi connectivity index (χ3n) is 4.30. The third kappa shape index (κ3) is 4.50. The van der Waals surface area contributed by atoms with Gasteiger partial charge in [0.05, 0.1) is 12.4 Å². The van der Waals surface area contributed by atoms with Crippen LogP contribution in [-0.4, -0.2) is 28.9 Å². The molecule has 0 atom stereocenters. The Morgan fingerprint density at radius 3 is 2.58 bits per heavy atom. The smallest absolute Gasteiger partial charge is 0.175 e. The number of aryl methyl sites for hydroxylation is 3. The molecule has 26 heavy (non-hydrogen) atoms. The van der Waals surface area contributed by atoms with Crippen molar-refractivity contribution in [3.05, 3.63) is 64.8 Å². The highest BCUT2D eigenvalue weighted by Gasteiger charge is 2.15. The average molecular weight is 368 g/mol. The molecule has 136 valence electrons. The van der Waals surface area contributed by atoms with Crippen molar-refractivity contribution in [2.75, 3.05) is 18.1 Å². The van der Waals surface area contributed by atoms with Gasteiger partial charge in [0.25, 0.3) is 0 Å². The molecule has 0 saturated heterocycles. The second-order valence-electron chi connectivity index (χ2n) is 6.67. The van der Waals surface area contributed by atoms with E-state index in [1.165, 1.54) is 11.1 Å². The monoisotopic (exact) mass is 367 g/mol. The number of carbonyl (C=O) groups is 1. The lowest BCUT2D eigenvalue weighted by Gasteiger charge is -2.08. The van der Waals surface area contributed by atoms with Gasteiger partial charge in [-0.15, -0.1) is 0 Å². The Morgan fingerprint density at radius 2 is 1.81 bits per heavy atom. The Hall–Kier alpha value is -2.20. The first-order chi connectivity index (χ1) is 12.5. The number of aromatic nitrogens is 1. The molecule has 0 aliphatic rings. The number of nitrogens with one attached hydrogen (secondary N) is 1. The van der Waals surface area contributed by atoms with E-state index in [1.807, 2.05) is 31.2 Å². The lowest BCUT2D eigenvalue weighted by molar-refractivity contribution is 0.102. The zero-order valence-electron chi connectivity index (χ0n) is 15.6. The summed E-state index contributed by atoms with van der Waals surface area (Å²) in [7, 11) is 0. The quantitative estimate of drug-likeness (QED) is 0.423. The van der Waals surface area contributed by atoms with Crippen LogP contribution in [0.25, 0.3) is 10.9 Å². The van der Waals surface area contributed by atoms with Crippen LogP contribution >= 0.6 is 11.8 Å². The summed E-state index contributed by atoms with van der Waals surface area (Å²) in [6, 6.07) is 14.2. The number of ether oxygens (including phenoxy) is 1. The normalized spacial score (nSPS) is 11.0. The Kier molecular flexibility index (Phi) is 6.04. The predicted octanol–water partition coefficient (Wildman–Crippen LogP) is 5.48. The molecule has 0 bridgehead atoms.